The average Bonchev–Trinajstić information content (AvgIpc) is 3.63. The second kappa shape index (κ2) is 12.6. The minimum Gasteiger partial charge on any atom is -0.493 e. The summed E-state index contributed by atoms with van der Waals surface area (Å²) >= 11 is 0. The highest BCUT2D eigenvalue weighted by molar-refractivity contribution is 5.73. The molecule has 2 fully saturated rings. The molecular formula is C31H34N2O6. The highest BCUT2D eigenvalue weighted by Crippen LogP contribution is 2.39. The molecule has 2 atom stereocenters. The molecule has 0 unspecified atom stereocenters. The van der Waals surface area contributed by atoms with Crippen LogP contribution >= 0.6 is 0 Å². The topological polar surface area (TPSA) is 86.3 Å². The first-order chi connectivity index (χ1) is 19.1. The zero-order valence-electron chi connectivity index (χ0n) is 22.1. The lowest BCUT2D eigenvalue weighted by Crippen LogP contribution is -2.46. The summed E-state index contributed by atoms with van der Waals surface area (Å²) in [5, 5.41) is 2.85. The minimum atomic E-state index is -0.580. The Kier molecular flexibility index (Phi) is 8.51. The normalized spacial score (nSPS) is 18.9. The summed E-state index contributed by atoms with van der Waals surface area (Å²) in [5.41, 5.74) is 1.02. The molecule has 1 saturated carbocycles. The van der Waals surface area contributed by atoms with Gasteiger partial charge in [-0.15, -0.1) is 0 Å². The largest absolute Gasteiger partial charge is 0.493 e. The molecule has 3 aromatic rings. The van der Waals surface area contributed by atoms with Gasteiger partial charge in [-0.3, -0.25) is 0 Å². The Morgan fingerprint density at radius 3 is 2.18 bits per heavy atom. The molecule has 8 nitrogen and oxygen atoms in total. The van der Waals surface area contributed by atoms with E-state index in [1.54, 1.807) is 48.4 Å². The van der Waals surface area contributed by atoms with E-state index in [0.717, 1.165) is 18.4 Å². The van der Waals surface area contributed by atoms with Crippen molar-refractivity contribution in [2.75, 3.05) is 20.2 Å². The van der Waals surface area contributed by atoms with Crippen LogP contribution in [-0.4, -0.2) is 49.4 Å². The number of hydrogen-bond donors (Lipinski definition) is 1. The van der Waals surface area contributed by atoms with Gasteiger partial charge < -0.3 is 29.2 Å². The molecule has 2 amide bonds. The third-order valence-corrected chi connectivity index (χ3v) is 7.35. The molecule has 0 radical (unpaired) electrons. The van der Waals surface area contributed by atoms with Crippen LogP contribution in [0.1, 0.15) is 43.6 Å². The Hall–Kier alpha value is -4.20. The van der Waals surface area contributed by atoms with Gasteiger partial charge in [-0.1, -0.05) is 42.5 Å². The fourth-order valence-electron chi connectivity index (χ4n) is 5.39. The van der Waals surface area contributed by atoms with E-state index in [-0.39, 0.29) is 24.6 Å². The molecule has 0 spiro atoms. The van der Waals surface area contributed by atoms with Crippen molar-refractivity contribution < 1.29 is 28.5 Å². The average molecular weight is 531 g/mol. The predicted octanol–water partition coefficient (Wildman–Crippen LogP) is 6.16. The van der Waals surface area contributed by atoms with Crippen molar-refractivity contribution in [3.05, 3.63) is 84.4 Å². The minimum absolute atomic E-state index is 0.0535. The maximum Gasteiger partial charge on any atom is 0.415 e. The van der Waals surface area contributed by atoms with Crippen LogP contribution in [0.3, 0.4) is 0 Å². The van der Waals surface area contributed by atoms with Crippen molar-refractivity contribution in [1.82, 2.24) is 10.2 Å². The van der Waals surface area contributed by atoms with E-state index in [4.69, 9.17) is 18.9 Å². The monoisotopic (exact) mass is 530 g/mol. The van der Waals surface area contributed by atoms with Gasteiger partial charge in [0.05, 0.1) is 19.3 Å². The van der Waals surface area contributed by atoms with Crippen LogP contribution in [0.15, 0.2) is 78.9 Å². The molecule has 1 aliphatic carbocycles. The molecule has 1 heterocycles. The number of hydrogen-bond acceptors (Lipinski definition) is 6. The molecule has 39 heavy (non-hydrogen) atoms. The number of ether oxygens (including phenoxy) is 4. The smallest absolute Gasteiger partial charge is 0.415 e. The summed E-state index contributed by atoms with van der Waals surface area (Å²) in [6, 6.07) is 23.4. The van der Waals surface area contributed by atoms with E-state index in [9.17, 15) is 9.59 Å². The van der Waals surface area contributed by atoms with Crippen LogP contribution in [0.5, 0.6) is 23.0 Å². The van der Waals surface area contributed by atoms with Gasteiger partial charge in [0.15, 0.2) is 11.5 Å². The van der Waals surface area contributed by atoms with Crippen molar-refractivity contribution in [2.45, 2.75) is 50.2 Å². The third kappa shape index (κ3) is 6.63. The number of methoxy groups -OCH3 is 1. The lowest BCUT2D eigenvalue weighted by molar-refractivity contribution is 0.142. The zero-order valence-corrected chi connectivity index (χ0v) is 22.1. The van der Waals surface area contributed by atoms with E-state index < -0.39 is 12.2 Å². The summed E-state index contributed by atoms with van der Waals surface area (Å²) < 4.78 is 23.0. The van der Waals surface area contributed by atoms with Crippen molar-refractivity contribution in [1.29, 1.82) is 0 Å². The van der Waals surface area contributed by atoms with Gasteiger partial charge in [0, 0.05) is 19.0 Å². The molecule has 1 aliphatic heterocycles. The van der Waals surface area contributed by atoms with Crippen molar-refractivity contribution in [3.63, 3.8) is 0 Å². The van der Waals surface area contributed by atoms with E-state index in [0.29, 0.717) is 36.0 Å². The Morgan fingerprint density at radius 2 is 1.51 bits per heavy atom. The van der Waals surface area contributed by atoms with Crippen LogP contribution < -0.4 is 24.3 Å². The Labute approximate surface area is 228 Å². The fraction of sp³-hybridized carbons (Fsp3) is 0.355. The van der Waals surface area contributed by atoms with Gasteiger partial charge in [-0.2, -0.15) is 0 Å². The number of nitrogens with one attached hydrogen (secondary N) is 1. The van der Waals surface area contributed by atoms with E-state index >= 15 is 0 Å². The first-order valence-electron chi connectivity index (χ1n) is 13.5. The second-order valence-electron chi connectivity index (χ2n) is 9.86. The van der Waals surface area contributed by atoms with Crippen LogP contribution in [0.25, 0.3) is 0 Å². The van der Waals surface area contributed by atoms with E-state index in [1.165, 1.54) is 12.8 Å². The van der Waals surface area contributed by atoms with E-state index in [1.807, 2.05) is 42.5 Å². The number of likely N-dealkylation sites (tertiary alicyclic amines) is 1. The first-order valence-corrected chi connectivity index (χ1v) is 13.5. The summed E-state index contributed by atoms with van der Waals surface area (Å²) in [5.74, 6) is 2.26. The molecule has 0 bridgehead atoms. The number of nitrogens with zero attached hydrogens (tertiary/aromatic N) is 1. The van der Waals surface area contributed by atoms with Crippen molar-refractivity contribution >= 4 is 12.2 Å². The number of amides is 2. The van der Waals surface area contributed by atoms with Crippen LogP contribution in [0.2, 0.25) is 0 Å². The van der Waals surface area contributed by atoms with Crippen LogP contribution in [-0.2, 0) is 0 Å². The van der Waals surface area contributed by atoms with Gasteiger partial charge in [0.1, 0.15) is 11.5 Å². The molecule has 5 rings (SSSR count). The fourth-order valence-corrected chi connectivity index (χ4v) is 5.39. The number of rotatable bonds is 8. The van der Waals surface area contributed by atoms with Gasteiger partial charge in [0.2, 0.25) is 0 Å². The predicted molar refractivity (Wildman–Crippen MR) is 147 cm³/mol. The molecule has 0 aromatic heterocycles. The number of para-hydroxylation sites is 2. The van der Waals surface area contributed by atoms with Crippen LogP contribution in [0.4, 0.5) is 9.59 Å². The molecular weight excluding hydrogens is 496 g/mol. The summed E-state index contributed by atoms with van der Waals surface area (Å²) in [7, 11) is 1.64. The molecule has 2 aliphatic rings. The van der Waals surface area contributed by atoms with Gasteiger partial charge in [-0.05, 0) is 74.1 Å². The maximum absolute atomic E-state index is 13.3. The Bertz CT molecular complexity index is 1250. The summed E-state index contributed by atoms with van der Waals surface area (Å²) in [6.45, 7) is 0.687. The SMILES string of the molecule is COc1ccc([C@H]2CCN(C(=O)Oc3ccccc3)[C@H]2CNC(=O)Oc2ccccc2)cc1OC1CCCC1. The van der Waals surface area contributed by atoms with Crippen molar-refractivity contribution in [3.8, 4) is 23.0 Å². The number of carbonyl (C=O) groups excluding carboxylic acids is 2. The molecule has 8 heteroatoms. The molecule has 1 saturated heterocycles. The summed E-state index contributed by atoms with van der Waals surface area (Å²) in [4.78, 5) is 27.5. The summed E-state index contributed by atoms with van der Waals surface area (Å²) in [6.07, 6.45) is 4.25. The molecule has 1 N–H and O–H groups in total. The third-order valence-electron chi connectivity index (χ3n) is 7.35. The Balaban J connectivity index is 1.35. The molecule has 204 valence electrons. The lowest BCUT2D eigenvalue weighted by Gasteiger charge is -2.28. The maximum atomic E-state index is 13.3. The van der Waals surface area contributed by atoms with Crippen LogP contribution in [0, 0.1) is 0 Å². The van der Waals surface area contributed by atoms with Crippen molar-refractivity contribution in [2.24, 2.45) is 0 Å². The Morgan fingerprint density at radius 1 is 0.846 bits per heavy atom. The highest BCUT2D eigenvalue weighted by Gasteiger charge is 2.39. The highest BCUT2D eigenvalue weighted by atomic mass is 16.6. The quantitative estimate of drug-likeness (QED) is 0.375. The van der Waals surface area contributed by atoms with Gasteiger partial charge in [-0.25, -0.2) is 9.59 Å². The zero-order chi connectivity index (χ0) is 27.0. The standard InChI is InChI=1S/C31H34N2O6/c1-36-28-17-16-22(20-29(28)37-23-14-8-9-15-23)26-18-19-33(31(35)39-25-12-6-3-7-13-25)27(26)21-32-30(34)38-24-10-4-2-5-11-24/h2-7,10-13,16-17,20,23,26-27H,8-9,14-15,18-19,21H2,1H3,(H,32,34)/t26-,27+/m1/s1. The van der Waals surface area contributed by atoms with E-state index in [2.05, 4.69) is 5.32 Å². The number of benzene rings is 3. The number of carbonyl (C=O) groups is 2. The first kappa shape index (κ1) is 26.4. The van der Waals surface area contributed by atoms with Gasteiger partial charge in [0.25, 0.3) is 0 Å². The lowest BCUT2D eigenvalue weighted by atomic mass is 9.91. The molecule has 3 aromatic carbocycles. The van der Waals surface area contributed by atoms with Gasteiger partial charge >= 0.3 is 12.2 Å². The second-order valence-corrected chi connectivity index (χ2v) is 9.86.